The van der Waals surface area contributed by atoms with E-state index in [9.17, 15) is 9.90 Å². The highest BCUT2D eigenvalue weighted by molar-refractivity contribution is 6.01. The Morgan fingerprint density at radius 1 is 1.13 bits per heavy atom. The largest absolute Gasteiger partial charge is 0.507 e. The molecule has 0 saturated carbocycles. The zero-order chi connectivity index (χ0) is 10.8. The normalized spacial score (nSPS) is 20.5. The van der Waals surface area contributed by atoms with E-state index in [2.05, 4.69) is 0 Å². The number of ketones is 1. The molecular formula is C13H12O2. The summed E-state index contributed by atoms with van der Waals surface area (Å²) in [6.45, 7) is 1.87. The van der Waals surface area contributed by atoms with Crippen LogP contribution in [-0.4, -0.2) is 10.9 Å². The molecule has 1 N–H and O–H groups in total. The maximum Gasteiger partial charge on any atom is 0.178 e. The summed E-state index contributed by atoms with van der Waals surface area (Å²) < 4.78 is 0. The van der Waals surface area contributed by atoms with Gasteiger partial charge in [-0.1, -0.05) is 24.3 Å². The molecule has 2 aliphatic rings. The van der Waals surface area contributed by atoms with Gasteiger partial charge >= 0.3 is 0 Å². The van der Waals surface area contributed by atoms with Crippen LogP contribution in [0.1, 0.15) is 13.3 Å². The van der Waals surface area contributed by atoms with Crippen molar-refractivity contribution in [3.05, 3.63) is 58.9 Å². The van der Waals surface area contributed by atoms with Gasteiger partial charge in [-0.05, 0) is 36.6 Å². The summed E-state index contributed by atoms with van der Waals surface area (Å²) in [5, 5.41) is 9.87. The number of carbonyl (C=O) groups is 1. The van der Waals surface area contributed by atoms with Gasteiger partial charge in [-0.2, -0.15) is 0 Å². The van der Waals surface area contributed by atoms with E-state index in [4.69, 9.17) is 0 Å². The molecule has 0 bridgehead atoms. The summed E-state index contributed by atoms with van der Waals surface area (Å²) in [5.41, 5.74) is 2.66. The average Bonchev–Trinajstić information content (AvgIpc) is 2.24. The second-order valence-electron chi connectivity index (χ2n) is 3.64. The van der Waals surface area contributed by atoms with E-state index < -0.39 is 0 Å². The Balaban J connectivity index is 2.44. The zero-order valence-electron chi connectivity index (χ0n) is 8.53. The van der Waals surface area contributed by atoms with Gasteiger partial charge in [0.25, 0.3) is 0 Å². The van der Waals surface area contributed by atoms with Gasteiger partial charge in [-0.15, -0.1) is 0 Å². The first kappa shape index (κ1) is 9.71. The Morgan fingerprint density at radius 2 is 1.80 bits per heavy atom. The van der Waals surface area contributed by atoms with Crippen molar-refractivity contribution < 1.29 is 9.90 Å². The Kier molecular flexibility index (Phi) is 2.42. The van der Waals surface area contributed by atoms with Gasteiger partial charge in [0, 0.05) is 5.57 Å². The summed E-state index contributed by atoms with van der Waals surface area (Å²) in [5.74, 6) is 0.321. The van der Waals surface area contributed by atoms with Crippen molar-refractivity contribution in [3.63, 3.8) is 0 Å². The van der Waals surface area contributed by atoms with E-state index in [0.717, 1.165) is 16.7 Å². The lowest BCUT2D eigenvalue weighted by Crippen LogP contribution is -2.01. The lowest BCUT2D eigenvalue weighted by molar-refractivity contribution is -0.110. The van der Waals surface area contributed by atoms with Crippen LogP contribution < -0.4 is 0 Å². The highest BCUT2D eigenvalue weighted by Crippen LogP contribution is 2.27. The minimum Gasteiger partial charge on any atom is -0.507 e. The third-order valence-electron chi connectivity index (χ3n) is 2.55. The second kappa shape index (κ2) is 3.73. The molecule has 0 radical (unpaired) electrons. The van der Waals surface area contributed by atoms with Crippen LogP contribution in [0.15, 0.2) is 58.9 Å². The Labute approximate surface area is 88.6 Å². The summed E-state index contributed by atoms with van der Waals surface area (Å²) in [4.78, 5) is 11.0. The third-order valence-corrected chi connectivity index (χ3v) is 2.55. The van der Waals surface area contributed by atoms with Gasteiger partial charge in [0.05, 0.1) is 0 Å². The molecule has 0 aromatic carbocycles. The van der Waals surface area contributed by atoms with E-state index in [1.165, 1.54) is 12.2 Å². The second-order valence-corrected chi connectivity index (χ2v) is 3.64. The van der Waals surface area contributed by atoms with E-state index in [-0.39, 0.29) is 5.78 Å². The maximum absolute atomic E-state index is 11.0. The van der Waals surface area contributed by atoms with Crippen LogP contribution in [0.3, 0.4) is 0 Å². The summed E-state index contributed by atoms with van der Waals surface area (Å²) >= 11 is 0. The smallest absolute Gasteiger partial charge is 0.178 e. The first-order valence-corrected chi connectivity index (χ1v) is 4.88. The minimum atomic E-state index is -0.00843. The predicted molar refractivity (Wildman–Crippen MR) is 59.4 cm³/mol. The predicted octanol–water partition coefficient (Wildman–Crippen LogP) is 2.77. The number of allylic oxidation sites excluding steroid dienone is 9. The first-order valence-electron chi connectivity index (χ1n) is 4.88. The summed E-state index contributed by atoms with van der Waals surface area (Å²) in [7, 11) is 0. The lowest BCUT2D eigenvalue weighted by atomic mass is 9.93. The van der Waals surface area contributed by atoms with Crippen LogP contribution in [0.5, 0.6) is 0 Å². The number of carbonyl (C=O) groups excluding carboxylic acids is 1. The molecule has 0 aromatic heterocycles. The SMILES string of the molecule is CC1=C(O)C(=C2C=CC(=O)C=C2)CC=C1. The van der Waals surface area contributed by atoms with Crippen LogP contribution in [0.25, 0.3) is 0 Å². The Morgan fingerprint density at radius 3 is 2.47 bits per heavy atom. The standard InChI is InChI=1S/C13H12O2/c1-9-3-2-4-12(13(9)15)10-5-7-11(14)8-6-10/h2-3,5-8,15H,4H2,1H3. The zero-order valence-corrected chi connectivity index (χ0v) is 8.53. The molecule has 0 saturated heterocycles. The number of rotatable bonds is 0. The molecule has 2 nitrogen and oxygen atoms in total. The first-order chi connectivity index (χ1) is 7.18. The fourth-order valence-corrected chi connectivity index (χ4v) is 1.68. The molecule has 0 atom stereocenters. The van der Waals surface area contributed by atoms with Crippen molar-refractivity contribution in [2.24, 2.45) is 0 Å². The third kappa shape index (κ3) is 1.84. The van der Waals surface area contributed by atoms with E-state index in [0.29, 0.717) is 12.2 Å². The monoisotopic (exact) mass is 200 g/mol. The minimum absolute atomic E-state index is 0.00843. The van der Waals surface area contributed by atoms with Crippen LogP contribution in [0.2, 0.25) is 0 Å². The summed E-state index contributed by atoms with van der Waals surface area (Å²) in [6.07, 6.45) is 11.2. The molecular weight excluding hydrogens is 188 g/mol. The van der Waals surface area contributed by atoms with Gasteiger partial charge in [-0.25, -0.2) is 0 Å². The maximum atomic E-state index is 11.0. The number of hydrogen-bond donors (Lipinski definition) is 1. The van der Waals surface area contributed by atoms with Gasteiger partial charge in [0.15, 0.2) is 5.78 Å². The molecule has 0 heterocycles. The average molecular weight is 200 g/mol. The van der Waals surface area contributed by atoms with Crippen molar-refractivity contribution in [1.29, 1.82) is 0 Å². The van der Waals surface area contributed by atoms with E-state index in [1.807, 2.05) is 19.1 Å². The molecule has 2 aliphatic carbocycles. The molecule has 0 aromatic rings. The molecule has 0 aliphatic heterocycles. The van der Waals surface area contributed by atoms with Gasteiger partial charge in [0.1, 0.15) is 5.76 Å². The van der Waals surface area contributed by atoms with Gasteiger partial charge in [0.2, 0.25) is 0 Å². The quantitative estimate of drug-likeness (QED) is 0.652. The van der Waals surface area contributed by atoms with Gasteiger partial charge in [-0.3, -0.25) is 4.79 Å². The molecule has 0 fully saturated rings. The topological polar surface area (TPSA) is 37.3 Å². The van der Waals surface area contributed by atoms with Crippen molar-refractivity contribution >= 4 is 5.78 Å². The highest BCUT2D eigenvalue weighted by atomic mass is 16.3. The van der Waals surface area contributed by atoms with E-state index >= 15 is 0 Å². The van der Waals surface area contributed by atoms with E-state index in [1.54, 1.807) is 12.2 Å². The Hall–Kier alpha value is -1.83. The number of aliphatic hydroxyl groups is 1. The van der Waals surface area contributed by atoms with Gasteiger partial charge < -0.3 is 5.11 Å². The highest BCUT2D eigenvalue weighted by Gasteiger charge is 2.13. The molecule has 2 rings (SSSR count). The van der Waals surface area contributed by atoms with Crippen molar-refractivity contribution in [1.82, 2.24) is 0 Å². The summed E-state index contributed by atoms with van der Waals surface area (Å²) in [6, 6.07) is 0. The molecule has 2 heteroatoms. The van der Waals surface area contributed by atoms with Crippen LogP contribution in [-0.2, 0) is 4.79 Å². The Bertz CT molecular complexity index is 439. The molecule has 0 amide bonds. The van der Waals surface area contributed by atoms with Crippen molar-refractivity contribution in [2.75, 3.05) is 0 Å². The molecule has 0 spiro atoms. The van der Waals surface area contributed by atoms with Crippen LogP contribution in [0.4, 0.5) is 0 Å². The number of hydrogen-bond acceptors (Lipinski definition) is 2. The molecule has 76 valence electrons. The van der Waals surface area contributed by atoms with Crippen molar-refractivity contribution in [2.45, 2.75) is 13.3 Å². The molecule has 15 heavy (non-hydrogen) atoms. The van der Waals surface area contributed by atoms with Crippen molar-refractivity contribution in [3.8, 4) is 0 Å². The van der Waals surface area contributed by atoms with Crippen LogP contribution in [0, 0.1) is 0 Å². The fourth-order valence-electron chi connectivity index (χ4n) is 1.68. The molecule has 0 unspecified atom stereocenters. The lowest BCUT2D eigenvalue weighted by Gasteiger charge is -2.14. The number of aliphatic hydroxyl groups excluding tert-OH is 1. The van der Waals surface area contributed by atoms with Crippen LogP contribution >= 0.6 is 0 Å². The fraction of sp³-hybridized carbons (Fsp3) is 0.154.